The molecule has 1 nitrogen and oxygen atoms in total. The van der Waals surface area contributed by atoms with Crippen LogP contribution in [0.5, 0.6) is 0 Å². The van der Waals surface area contributed by atoms with Crippen molar-refractivity contribution in [2.45, 2.75) is 18.3 Å². The van der Waals surface area contributed by atoms with Gasteiger partial charge in [0.1, 0.15) is 6.29 Å². The van der Waals surface area contributed by atoms with Gasteiger partial charge in [0.05, 0.1) is 5.41 Å². The van der Waals surface area contributed by atoms with E-state index in [1.165, 1.54) is 11.8 Å². The minimum absolute atomic E-state index is 0.222. The van der Waals surface area contributed by atoms with Gasteiger partial charge in [-0.05, 0) is 30.2 Å². The van der Waals surface area contributed by atoms with E-state index in [-0.39, 0.29) is 5.41 Å². The third-order valence-electron chi connectivity index (χ3n) is 3.96. The summed E-state index contributed by atoms with van der Waals surface area (Å²) in [6.07, 6.45) is 7.84. The maximum absolute atomic E-state index is 11.5. The number of carbonyl (C=O) groups is 1. The summed E-state index contributed by atoms with van der Waals surface area (Å²) in [6, 6.07) is 10.2. The molecule has 1 aromatic rings. The lowest BCUT2D eigenvalue weighted by atomic mass is 9.72. The number of aldehydes is 1. The molecule has 1 heteroatoms. The molecule has 1 fully saturated rings. The van der Waals surface area contributed by atoms with E-state index in [1.54, 1.807) is 0 Å². The van der Waals surface area contributed by atoms with Gasteiger partial charge < -0.3 is 4.79 Å². The molecule has 3 atom stereocenters. The quantitative estimate of drug-likeness (QED) is 0.527. The maximum Gasteiger partial charge on any atom is 0.131 e. The first-order valence-corrected chi connectivity index (χ1v) is 5.55. The third kappa shape index (κ3) is 1.12. The standard InChI is InChI=1S/C14H14O/c15-10-14(12-4-2-1-3-5-12)9-11-6-7-13(14)8-11/h1-7,10-11,13H,8-9H2/t11-,13+,14+/m0/s1. The van der Waals surface area contributed by atoms with E-state index in [1.807, 2.05) is 18.2 Å². The zero-order chi connectivity index (χ0) is 10.3. The Bertz CT molecular complexity index is 407. The van der Waals surface area contributed by atoms with Crippen LogP contribution in [0.4, 0.5) is 0 Å². The van der Waals surface area contributed by atoms with Crippen LogP contribution in [-0.2, 0) is 10.2 Å². The first kappa shape index (κ1) is 8.90. The van der Waals surface area contributed by atoms with E-state index in [2.05, 4.69) is 24.3 Å². The smallest absolute Gasteiger partial charge is 0.131 e. The summed E-state index contributed by atoms with van der Waals surface area (Å²) < 4.78 is 0. The molecule has 76 valence electrons. The molecule has 0 N–H and O–H groups in total. The predicted octanol–water partition coefficient (Wildman–Crippen LogP) is 2.72. The van der Waals surface area contributed by atoms with Gasteiger partial charge in [-0.1, -0.05) is 42.5 Å². The number of hydrogen-bond acceptors (Lipinski definition) is 1. The highest BCUT2D eigenvalue weighted by Crippen LogP contribution is 2.52. The van der Waals surface area contributed by atoms with Crippen LogP contribution >= 0.6 is 0 Å². The molecule has 2 aliphatic rings. The fourth-order valence-electron chi connectivity index (χ4n) is 3.18. The molecule has 3 rings (SSSR count). The summed E-state index contributed by atoms with van der Waals surface area (Å²) in [6.45, 7) is 0. The highest BCUT2D eigenvalue weighted by atomic mass is 16.1. The van der Waals surface area contributed by atoms with Crippen LogP contribution in [0.2, 0.25) is 0 Å². The molecule has 0 saturated heterocycles. The fourth-order valence-corrected chi connectivity index (χ4v) is 3.18. The molecule has 0 amide bonds. The number of hydrogen-bond donors (Lipinski definition) is 0. The van der Waals surface area contributed by atoms with Gasteiger partial charge in [-0.2, -0.15) is 0 Å². The predicted molar refractivity (Wildman–Crippen MR) is 59.5 cm³/mol. The van der Waals surface area contributed by atoms with Crippen LogP contribution in [-0.4, -0.2) is 6.29 Å². The van der Waals surface area contributed by atoms with Crippen molar-refractivity contribution in [1.82, 2.24) is 0 Å². The molecule has 0 heterocycles. The van der Waals surface area contributed by atoms with Gasteiger partial charge in [0.15, 0.2) is 0 Å². The highest BCUT2D eigenvalue weighted by molar-refractivity contribution is 5.71. The van der Waals surface area contributed by atoms with Crippen LogP contribution in [0.15, 0.2) is 42.5 Å². The molecule has 2 bridgehead atoms. The van der Waals surface area contributed by atoms with E-state index in [0.29, 0.717) is 11.8 Å². The van der Waals surface area contributed by atoms with Crippen molar-refractivity contribution < 1.29 is 4.79 Å². The minimum Gasteiger partial charge on any atom is -0.302 e. The Hall–Kier alpha value is -1.37. The summed E-state index contributed by atoms with van der Waals surface area (Å²) in [5, 5.41) is 0. The molecular weight excluding hydrogens is 184 g/mol. The molecule has 1 aromatic carbocycles. The number of carbonyl (C=O) groups excluding carboxylic acids is 1. The number of benzene rings is 1. The monoisotopic (exact) mass is 198 g/mol. The topological polar surface area (TPSA) is 17.1 Å². The van der Waals surface area contributed by atoms with E-state index in [0.717, 1.165) is 12.8 Å². The lowest BCUT2D eigenvalue weighted by Gasteiger charge is -2.30. The molecule has 0 radical (unpaired) electrons. The summed E-state index contributed by atoms with van der Waals surface area (Å²) in [5.41, 5.74) is 0.970. The van der Waals surface area contributed by atoms with E-state index in [4.69, 9.17) is 0 Å². The van der Waals surface area contributed by atoms with E-state index >= 15 is 0 Å². The van der Waals surface area contributed by atoms with Crippen LogP contribution in [0.3, 0.4) is 0 Å². The second kappa shape index (κ2) is 3.06. The molecule has 0 aromatic heterocycles. The van der Waals surface area contributed by atoms with Crippen molar-refractivity contribution >= 4 is 6.29 Å². The second-order valence-electron chi connectivity index (χ2n) is 4.72. The van der Waals surface area contributed by atoms with E-state index < -0.39 is 0 Å². The molecule has 15 heavy (non-hydrogen) atoms. The average molecular weight is 198 g/mol. The van der Waals surface area contributed by atoms with Crippen LogP contribution in [0.1, 0.15) is 18.4 Å². The van der Waals surface area contributed by atoms with Crippen molar-refractivity contribution in [1.29, 1.82) is 0 Å². The van der Waals surface area contributed by atoms with Gasteiger partial charge in [-0.25, -0.2) is 0 Å². The fraction of sp³-hybridized carbons (Fsp3) is 0.357. The summed E-state index contributed by atoms with van der Waals surface area (Å²) in [7, 11) is 0. The van der Waals surface area contributed by atoms with Gasteiger partial charge in [-0.15, -0.1) is 0 Å². The van der Waals surface area contributed by atoms with Crippen molar-refractivity contribution in [3.8, 4) is 0 Å². The largest absolute Gasteiger partial charge is 0.302 e. The second-order valence-corrected chi connectivity index (χ2v) is 4.72. The SMILES string of the molecule is O=C[C@@]1(c2ccccc2)C[C@H]2C=C[C@@H]1C2. The van der Waals surface area contributed by atoms with Gasteiger partial charge in [0.25, 0.3) is 0 Å². The summed E-state index contributed by atoms with van der Waals surface area (Å²) in [5.74, 6) is 1.06. The third-order valence-corrected chi connectivity index (χ3v) is 3.96. The minimum atomic E-state index is -0.222. The Morgan fingerprint density at radius 3 is 2.53 bits per heavy atom. The Balaban J connectivity index is 2.09. The van der Waals surface area contributed by atoms with Crippen molar-refractivity contribution in [3.05, 3.63) is 48.0 Å². The normalized spacial score (nSPS) is 37.1. The lowest BCUT2D eigenvalue weighted by Crippen LogP contribution is -2.32. The first-order chi connectivity index (χ1) is 7.35. The van der Waals surface area contributed by atoms with Crippen molar-refractivity contribution in [2.75, 3.05) is 0 Å². The zero-order valence-corrected chi connectivity index (χ0v) is 8.60. The number of rotatable bonds is 2. The van der Waals surface area contributed by atoms with Crippen LogP contribution in [0, 0.1) is 11.8 Å². The average Bonchev–Trinajstić information content (AvgIpc) is 2.90. The Kier molecular flexibility index (Phi) is 1.82. The number of allylic oxidation sites excluding steroid dienone is 2. The molecule has 0 spiro atoms. The summed E-state index contributed by atoms with van der Waals surface area (Å²) in [4.78, 5) is 11.5. The van der Waals surface area contributed by atoms with Crippen molar-refractivity contribution in [2.24, 2.45) is 11.8 Å². The Morgan fingerprint density at radius 1 is 1.20 bits per heavy atom. The number of fused-ring (bicyclic) bond motifs is 2. The molecule has 1 saturated carbocycles. The van der Waals surface area contributed by atoms with Gasteiger partial charge in [-0.3, -0.25) is 0 Å². The van der Waals surface area contributed by atoms with Crippen LogP contribution in [0.25, 0.3) is 0 Å². The molecular formula is C14H14O. The lowest BCUT2D eigenvalue weighted by molar-refractivity contribution is -0.113. The molecule has 0 unspecified atom stereocenters. The highest BCUT2D eigenvalue weighted by Gasteiger charge is 2.49. The first-order valence-electron chi connectivity index (χ1n) is 5.55. The van der Waals surface area contributed by atoms with Gasteiger partial charge in [0, 0.05) is 0 Å². The van der Waals surface area contributed by atoms with Gasteiger partial charge >= 0.3 is 0 Å². The van der Waals surface area contributed by atoms with Crippen LogP contribution < -0.4 is 0 Å². The van der Waals surface area contributed by atoms with Gasteiger partial charge in [0.2, 0.25) is 0 Å². The molecule has 2 aliphatic carbocycles. The van der Waals surface area contributed by atoms with E-state index in [9.17, 15) is 4.79 Å². The molecule has 0 aliphatic heterocycles. The Morgan fingerprint density at radius 2 is 2.00 bits per heavy atom. The zero-order valence-electron chi connectivity index (χ0n) is 8.60. The van der Waals surface area contributed by atoms with Crippen molar-refractivity contribution in [3.63, 3.8) is 0 Å². The maximum atomic E-state index is 11.5. The Labute approximate surface area is 89.8 Å². The summed E-state index contributed by atoms with van der Waals surface area (Å²) >= 11 is 0.